The van der Waals surface area contributed by atoms with Crippen molar-refractivity contribution in [2.45, 2.75) is 18.9 Å². The molecule has 3 aliphatic heterocycles. The number of rotatable bonds is 18. The van der Waals surface area contributed by atoms with Gasteiger partial charge in [-0.1, -0.05) is 6.07 Å². The number of piperidine rings is 1. The molecule has 0 aliphatic carbocycles. The van der Waals surface area contributed by atoms with Crippen molar-refractivity contribution in [2.75, 3.05) is 102 Å². The van der Waals surface area contributed by atoms with Gasteiger partial charge in [-0.2, -0.15) is 0 Å². The number of benzene rings is 2. The van der Waals surface area contributed by atoms with Gasteiger partial charge in [-0.25, -0.2) is 0 Å². The first-order chi connectivity index (χ1) is 24.6. The molecule has 1 atom stereocenters. The highest BCUT2D eigenvalue weighted by molar-refractivity contribution is 6.26. The maximum absolute atomic E-state index is 13.1. The SMILES string of the molecule is Nc1cc(N2CCN(CCOCCOCCOCCOCC(=O)Nc3cccc4c3C(=O)N(C3CCC(=O)NC3=O)C4=O)CC2)ccc1[N+](=O)[O-]. The summed E-state index contributed by atoms with van der Waals surface area (Å²) in [6.45, 7) is 6.21. The molecule has 18 nitrogen and oxygen atoms in total. The number of carbonyl (C=O) groups is 5. The fraction of sp³-hybridized carbons (Fsp3) is 0.485. The van der Waals surface area contributed by atoms with Crippen LogP contribution < -0.4 is 21.3 Å². The Balaban J connectivity index is 0.870. The second-order valence-corrected chi connectivity index (χ2v) is 11.9. The van der Waals surface area contributed by atoms with Gasteiger partial charge in [-0.3, -0.25) is 49.2 Å². The Morgan fingerprint density at radius 1 is 0.902 bits per heavy atom. The van der Waals surface area contributed by atoms with Crippen molar-refractivity contribution in [2.24, 2.45) is 0 Å². The zero-order valence-electron chi connectivity index (χ0n) is 28.0. The summed E-state index contributed by atoms with van der Waals surface area (Å²) in [5.74, 6) is -3.10. The Hall–Kier alpha value is -5.01. The van der Waals surface area contributed by atoms with Crippen molar-refractivity contribution in [3.8, 4) is 0 Å². The number of nitrogens with one attached hydrogen (secondary N) is 2. The quantitative estimate of drug-likeness (QED) is 0.0626. The summed E-state index contributed by atoms with van der Waals surface area (Å²) in [6, 6.07) is 8.16. The van der Waals surface area contributed by atoms with E-state index in [0.29, 0.717) is 33.0 Å². The molecular weight excluding hydrogens is 670 g/mol. The molecule has 5 rings (SSSR count). The lowest BCUT2D eigenvalue weighted by atomic mass is 10.0. The van der Waals surface area contributed by atoms with Crippen molar-refractivity contribution >= 4 is 52.3 Å². The van der Waals surface area contributed by atoms with Gasteiger partial charge >= 0.3 is 0 Å². The highest BCUT2D eigenvalue weighted by Crippen LogP contribution is 2.32. The molecule has 3 heterocycles. The van der Waals surface area contributed by atoms with Crippen molar-refractivity contribution in [3.05, 3.63) is 57.6 Å². The number of ether oxygens (including phenoxy) is 4. The number of nitrogens with two attached hydrogens (primary N) is 1. The molecule has 2 aromatic rings. The van der Waals surface area contributed by atoms with Gasteiger partial charge in [0.2, 0.25) is 17.7 Å². The third-order valence-corrected chi connectivity index (χ3v) is 8.59. The molecular formula is C33H41N7O11. The Labute approximate surface area is 293 Å². The minimum absolute atomic E-state index is 0.00604. The Bertz CT molecular complexity index is 1630. The molecule has 0 spiro atoms. The molecule has 18 heteroatoms. The molecule has 2 saturated heterocycles. The van der Waals surface area contributed by atoms with Crippen LogP contribution in [0.1, 0.15) is 33.6 Å². The lowest BCUT2D eigenvalue weighted by molar-refractivity contribution is -0.383. The number of piperazine rings is 1. The number of nitrogen functional groups attached to an aromatic ring is 1. The number of nitro benzene ring substituents is 1. The van der Waals surface area contributed by atoms with Crippen LogP contribution in [-0.4, -0.2) is 136 Å². The van der Waals surface area contributed by atoms with Crippen LogP contribution in [0, 0.1) is 10.1 Å². The highest BCUT2D eigenvalue weighted by Gasteiger charge is 2.45. The van der Waals surface area contributed by atoms with Crippen LogP contribution in [0.3, 0.4) is 0 Å². The first kappa shape index (κ1) is 37.3. The predicted molar refractivity (Wildman–Crippen MR) is 181 cm³/mol. The number of hydrogen-bond acceptors (Lipinski definition) is 14. The summed E-state index contributed by atoms with van der Waals surface area (Å²) in [5.41, 5.74) is 6.94. The zero-order valence-corrected chi connectivity index (χ0v) is 28.0. The van der Waals surface area contributed by atoms with Gasteiger partial charge in [0.25, 0.3) is 17.5 Å². The summed E-state index contributed by atoms with van der Waals surface area (Å²) in [5, 5.41) is 15.7. The molecule has 274 valence electrons. The van der Waals surface area contributed by atoms with Crippen molar-refractivity contribution in [1.82, 2.24) is 15.1 Å². The minimum Gasteiger partial charge on any atom is -0.393 e. The van der Waals surface area contributed by atoms with E-state index in [9.17, 15) is 34.1 Å². The molecule has 2 aromatic carbocycles. The smallest absolute Gasteiger partial charge is 0.292 e. The summed E-state index contributed by atoms with van der Waals surface area (Å²) < 4.78 is 22.0. The molecule has 4 N–H and O–H groups in total. The summed E-state index contributed by atoms with van der Waals surface area (Å²) in [6.07, 6.45) is 0.0364. The number of hydrogen-bond donors (Lipinski definition) is 3. The van der Waals surface area contributed by atoms with Crippen LogP contribution in [0.15, 0.2) is 36.4 Å². The molecule has 1 unspecified atom stereocenters. The summed E-state index contributed by atoms with van der Waals surface area (Å²) in [7, 11) is 0. The number of amides is 5. The standard InChI is InChI=1S/C33H41N7O11/c34-24-20-22(4-5-26(24)40(46)47)38-10-8-37(9-11-38)12-13-48-14-15-49-16-17-50-18-19-51-21-29(42)35-25-3-1-2-23-30(25)33(45)39(32(23)44)27-6-7-28(41)36-31(27)43/h1-5,20,27H,6-19,21,34H2,(H,35,42)(H,36,41,43). The normalized spacial score (nSPS) is 17.8. The Morgan fingerprint density at radius 2 is 1.57 bits per heavy atom. The van der Waals surface area contributed by atoms with Crippen molar-refractivity contribution < 1.29 is 47.8 Å². The first-order valence-electron chi connectivity index (χ1n) is 16.6. The number of carbonyl (C=O) groups excluding carboxylic acids is 5. The second-order valence-electron chi connectivity index (χ2n) is 11.9. The number of nitrogens with zero attached hydrogens (tertiary/aromatic N) is 4. The topological polar surface area (TPSA) is 225 Å². The summed E-state index contributed by atoms with van der Waals surface area (Å²) in [4.78, 5) is 78.2. The maximum Gasteiger partial charge on any atom is 0.292 e. The third-order valence-electron chi connectivity index (χ3n) is 8.59. The van der Waals surface area contributed by atoms with E-state index >= 15 is 0 Å². The molecule has 2 fully saturated rings. The first-order valence-corrected chi connectivity index (χ1v) is 16.6. The van der Waals surface area contributed by atoms with Crippen LogP contribution in [0.5, 0.6) is 0 Å². The van der Waals surface area contributed by atoms with E-state index in [4.69, 9.17) is 24.7 Å². The molecule has 5 amide bonds. The van der Waals surface area contributed by atoms with Gasteiger partial charge in [0.1, 0.15) is 18.3 Å². The lowest BCUT2D eigenvalue weighted by Gasteiger charge is -2.36. The van der Waals surface area contributed by atoms with Crippen LogP contribution in [0.2, 0.25) is 0 Å². The van der Waals surface area contributed by atoms with Crippen molar-refractivity contribution in [3.63, 3.8) is 0 Å². The average molecular weight is 712 g/mol. The van der Waals surface area contributed by atoms with Gasteiger partial charge in [-0.05, 0) is 30.7 Å². The van der Waals surface area contributed by atoms with E-state index < -0.39 is 40.5 Å². The van der Waals surface area contributed by atoms with Crippen LogP contribution in [0.25, 0.3) is 0 Å². The molecule has 0 bridgehead atoms. The molecule has 3 aliphatic rings. The van der Waals surface area contributed by atoms with Crippen LogP contribution in [-0.2, 0) is 33.3 Å². The number of nitro groups is 1. The second kappa shape index (κ2) is 17.8. The monoisotopic (exact) mass is 711 g/mol. The van der Waals surface area contributed by atoms with Gasteiger partial charge in [0, 0.05) is 50.9 Å². The van der Waals surface area contributed by atoms with Crippen molar-refractivity contribution in [1.29, 1.82) is 0 Å². The van der Waals surface area contributed by atoms with E-state index in [1.54, 1.807) is 12.1 Å². The Kier molecular flexibility index (Phi) is 13.0. The number of anilines is 3. The van der Waals surface area contributed by atoms with Gasteiger partial charge in [0.15, 0.2) is 0 Å². The molecule has 0 aromatic heterocycles. The fourth-order valence-corrected chi connectivity index (χ4v) is 5.96. The molecule has 0 radical (unpaired) electrons. The maximum atomic E-state index is 13.1. The third kappa shape index (κ3) is 9.62. The summed E-state index contributed by atoms with van der Waals surface area (Å²) >= 11 is 0. The van der Waals surface area contributed by atoms with E-state index in [1.807, 2.05) is 0 Å². The van der Waals surface area contributed by atoms with Crippen LogP contribution >= 0.6 is 0 Å². The lowest BCUT2D eigenvalue weighted by Crippen LogP contribution is -2.54. The van der Waals surface area contributed by atoms with E-state index in [1.165, 1.54) is 24.3 Å². The highest BCUT2D eigenvalue weighted by atomic mass is 16.6. The zero-order chi connectivity index (χ0) is 36.3. The predicted octanol–water partition coefficient (Wildman–Crippen LogP) is 0.405. The molecule has 0 saturated carbocycles. The Morgan fingerprint density at radius 3 is 2.22 bits per heavy atom. The van der Waals surface area contributed by atoms with Gasteiger partial charge in [-0.15, -0.1) is 0 Å². The van der Waals surface area contributed by atoms with Gasteiger partial charge < -0.3 is 34.9 Å². The van der Waals surface area contributed by atoms with Crippen LogP contribution in [0.4, 0.5) is 22.7 Å². The number of imide groups is 2. The van der Waals surface area contributed by atoms with Gasteiger partial charge in [0.05, 0.1) is 68.0 Å². The minimum atomic E-state index is -1.11. The fourth-order valence-electron chi connectivity index (χ4n) is 5.96. The average Bonchev–Trinajstić information content (AvgIpc) is 3.36. The van der Waals surface area contributed by atoms with E-state index in [-0.39, 0.29) is 60.9 Å². The number of fused-ring (bicyclic) bond motifs is 1. The van der Waals surface area contributed by atoms with E-state index in [2.05, 4.69) is 20.4 Å². The van der Waals surface area contributed by atoms with E-state index in [0.717, 1.165) is 43.3 Å². The molecule has 51 heavy (non-hydrogen) atoms. The largest absolute Gasteiger partial charge is 0.393 e.